The van der Waals surface area contributed by atoms with Crippen LogP contribution >= 0.6 is 0 Å². The number of piperidine rings is 1. The third kappa shape index (κ3) is 3.90. The van der Waals surface area contributed by atoms with Crippen LogP contribution in [0.2, 0.25) is 0 Å². The maximum absolute atomic E-state index is 12.8. The third-order valence-corrected chi connectivity index (χ3v) is 4.93. The molecule has 0 saturated carbocycles. The van der Waals surface area contributed by atoms with E-state index in [1.165, 1.54) is 0 Å². The molecule has 1 aromatic carbocycles. The summed E-state index contributed by atoms with van der Waals surface area (Å²) in [6.07, 6.45) is 2.31. The molecule has 6 nitrogen and oxygen atoms in total. The Balaban J connectivity index is 1.71. The molecule has 3 rings (SSSR count). The molecular formula is C19H25N3O3. The number of benzene rings is 1. The predicted molar refractivity (Wildman–Crippen MR) is 93.1 cm³/mol. The molecular weight excluding hydrogens is 318 g/mol. The van der Waals surface area contributed by atoms with Gasteiger partial charge in [0.2, 0.25) is 5.91 Å². The number of carbonyl (C=O) groups is 1. The van der Waals surface area contributed by atoms with Crippen LogP contribution in [0.15, 0.2) is 28.8 Å². The summed E-state index contributed by atoms with van der Waals surface area (Å²) in [7, 11) is 1.60. The summed E-state index contributed by atoms with van der Waals surface area (Å²) in [5.41, 5.74) is 1.95. The maximum atomic E-state index is 12.8. The van der Waals surface area contributed by atoms with E-state index in [-0.39, 0.29) is 11.3 Å². The van der Waals surface area contributed by atoms with Gasteiger partial charge in [0.15, 0.2) is 5.82 Å². The Hall–Kier alpha value is -2.21. The van der Waals surface area contributed by atoms with E-state index in [0.717, 1.165) is 30.5 Å². The van der Waals surface area contributed by atoms with Gasteiger partial charge in [-0.1, -0.05) is 36.3 Å². The highest BCUT2D eigenvalue weighted by Crippen LogP contribution is 2.32. The minimum absolute atomic E-state index is 0.154. The van der Waals surface area contributed by atoms with Crippen LogP contribution in [0.5, 0.6) is 0 Å². The Morgan fingerprint density at radius 3 is 2.96 bits per heavy atom. The molecule has 1 aliphatic heterocycles. The predicted octanol–water partition coefficient (Wildman–Crippen LogP) is 2.65. The first-order valence-electron chi connectivity index (χ1n) is 8.66. The topological polar surface area (TPSA) is 68.5 Å². The van der Waals surface area contributed by atoms with Crippen LogP contribution in [0.25, 0.3) is 0 Å². The fourth-order valence-electron chi connectivity index (χ4n) is 3.40. The van der Waals surface area contributed by atoms with Crippen molar-refractivity contribution in [1.29, 1.82) is 0 Å². The first-order chi connectivity index (χ1) is 12.0. The smallest absolute Gasteiger partial charge is 0.252 e. The van der Waals surface area contributed by atoms with Crippen molar-refractivity contribution in [3.8, 4) is 0 Å². The Morgan fingerprint density at radius 1 is 1.40 bits per heavy atom. The van der Waals surface area contributed by atoms with Gasteiger partial charge in [0, 0.05) is 25.6 Å². The van der Waals surface area contributed by atoms with Gasteiger partial charge in [0.25, 0.3) is 5.89 Å². The number of hydrogen-bond acceptors (Lipinski definition) is 5. The second kappa shape index (κ2) is 7.35. The van der Waals surface area contributed by atoms with Crippen LogP contribution in [0, 0.1) is 6.92 Å². The molecule has 0 N–H and O–H groups in total. The Bertz CT molecular complexity index is 743. The Kier molecular flexibility index (Phi) is 5.18. The van der Waals surface area contributed by atoms with Crippen molar-refractivity contribution in [1.82, 2.24) is 15.0 Å². The van der Waals surface area contributed by atoms with Gasteiger partial charge in [-0.15, -0.1) is 0 Å². The summed E-state index contributed by atoms with van der Waals surface area (Å²) in [6.45, 7) is 5.84. The number of nitrogens with zero attached hydrogens (tertiary/aromatic N) is 3. The summed E-state index contributed by atoms with van der Waals surface area (Å²) >= 11 is 0. The van der Waals surface area contributed by atoms with Gasteiger partial charge in [-0.3, -0.25) is 4.79 Å². The molecule has 0 bridgehead atoms. The van der Waals surface area contributed by atoms with E-state index in [0.29, 0.717) is 31.3 Å². The van der Waals surface area contributed by atoms with Crippen molar-refractivity contribution in [2.75, 3.05) is 20.2 Å². The molecule has 6 heteroatoms. The van der Waals surface area contributed by atoms with Crippen LogP contribution in [0.4, 0.5) is 0 Å². The van der Waals surface area contributed by atoms with Gasteiger partial charge in [-0.05, 0) is 30.9 Å². The molecule has 2 heterocycles. The average Bonchev–Trinajstić information content (AvgIpc) is 3.07. The zero-order chi connectivity index (χ0) is 17.9. The number of amides is 1. The SMILES string of the molecule is COCc1nc(C2(C)CCCN(C(=O)Cc3ccccc3C)C2)no1. The number of methoxy groups -OCH3 is 1. The molecule has 2 aromatic rings. The standard InChI is InChI=1S/C19H25N3O3/c1-14-7-4-5-8-15(14)11-17(23)22-10-6-9-19(2,13-22)18-20-16(12-24-3)25-21-18/h4-5,7-8H,6,9-13H2,1-3H3. The summed E-state index contributed by atoms with van der Waals surface area (Å²) in [5, 5.41) is 4.12. The number of carbonyl (C=O) groups excluding carboxylic acids is 1. The van der Waals surface area contributed by atoms with E-state index in [9.17, 15) is 4.79 Å². The van der Waals surface area contributed by atoms with Crippen molar-refractivity contribution < 1.29 is 14.1 Å². The molecule has 1 saturated heterocycles. The highest BCUT2D eigenvalue weighted by Gasteiger charge is 2.38. The lowest BCUT2D eigenvalue weighted by Gasteiger charge is -2.38. The second-order valence-electron chi connectivity index (χ2n) is 7.03. The van der Waals surface area contributed by atoms with Gasteiger partial charge in [0.1, 0.15) is 6.61 Å². The summed E-state index contributed by atoms with van der Waals surface area (Å²) in [6, 6.07) is 8.04. The average molecular weight is 343 g/mol. The Labute approximate surface area is 148 Å². The minimum atomic E-state index is -0.283. The molecule has 1 aliphatic rings. The zero-order valence-electron chi connectivity index (χ0n) is 15.1. The Morgan fingerprint density at radius 2 is 2.20 bits per heavy atom. The lowest BCUT2D eigenvalue weighted by molar-refractivity contribution is -0.132. The van der Waals surface area contributed by atoms with E-state index in [1.807, 2.05) is 36.1 Å². The molecule has 1 fully saturated rings. The third-order valence-electron chi connectivity index (χ3n) is 4.93. The van der Waals surface area contributed by atoms with E-state index in [4.69, 9.17) is 9.26 Å². The fraction of sp³-hybridized carbons (Fsp3) is 0.526. The van der Waals surface area contributed by atoms with Crippen molar-refractivity contribution in [3.05, 3.63) is 47.1 Å². The highest BCUT2D eigenvalue weighted by molar-refractivity contribution is 5.79. The first kappa shape index (κ1) is 17.6. The summed E-state index contributed by atoms with van der Waals surface area (Å²) < 4.78 is 10.3. The normalized spacial score (nSPS) is 20.7. The molecule has 0 aliphatic carbocycles. The van der Waals surface area contributed by atoms with E-state index < -0.39 is 0 Å². The van der Waals surface area contributed by atoms with Gasteiger partial charge in [0.05, 0.1) is 6.42 Å². The summed E-state index contributed by atoms with van der Waals surface area (Å²) in [5.74, 6) is 1.29. The largest absolute Gasteiger partial charge is 0.375 e. The number of hydrogen-bond donors (Lipinski definition) is 0. The molecule has 0 spiro atoms. The fourth-order valence-corrected chi connectivity index (χ4v) is 3.40. The first-order valence-corrected chi connectivity index (χ1v) is 8.66. The molecule has 134 valence electrons. The van der Waals surface area contributed by atoms with Crippen molar-refractivity contribution in [2.45, 2.75) is 45.1 Å². The van der Waals surface area contributed by atoms with Crippen molar-refractivity contribution >= 4 is 5.91 Å². The monoisotopic (exact) mass is 343 g/mol. The van der Waals surface area contributed by atoms with Crippen molar-refractivity contribution in [3.63, 3.8) is 0 Å². The molecule has 1 unspecified atom stereocenters. The number of rotatable bonds is 5. The van der Waals surface area contributed by atoms with Gasteiger partial charge >= 0.3 is 0 Å². The highest BCUT2D eigenvalue weighted by atomic mass is 16.5. The number of aromatic nitrogens is 2. The number of ether oxygens (including phenoxy) is 1. The summed E-state index contributed by atoms with van der Waals surface area (Å²) in [4.78, 5) is 19.2. The van der Waals surface area contributed by atoms with Crippen LogP contribution in [0.1, 0.15) is 42.6 Å². The lowest BCUT2D eigenvalue weighted by Crippen LogP contribution is -2.48. The number of likely N-dealkylation sites (tertiary alicyclic amines) is 1. The number of aryl methyl sites for hydroxylation is 1. The van der Waals surface area contributed by atoms with Crippen molar-refractivity contribution in [2.24, 2.45) is 0 Å². The zero-order valence-corrected chi connectivity index (χ0v) is 15.1. The minimum Gasteiger partial charge on any atom is -0.375 e. The van der Waals surface area contributed by atoms with Crippen LogP contribution in [-0.4, -0.2) is 41.1 Å². The second-order valence-corrected chi connectivity index (χ2v) is 7.03. The molecule has 25 heavy (non-hydrogen) atoms. The maximum Gasteiger partial charge on any atom is 0.252 e. The van der Waals surface area contributed by atoms with E-state index in [2.05, 4.69) is 17.1 Å². The molecule has 1 amide bonds. The molecule has 1 atom stereocenters. The van der Waals surface area contributed by atoms with Crippen LogP contribution in [0.3, 0.4) is 0 Å². The molecule has 1 aromatic heterocycles. The van der Waals surface area contributed by atoms with Gasteiger partial charge in [-0.2, -0.15) is 4.98 Å². The quantitative estimate of drug-likeness (QED) is 0.835. The molecule has 0 radical (unpaired) electrons. The van der Waals surface area contributed by atoms with Gasteiger partial charge in [-0.25, -0.2) is 0 Å². The van der Waals surface area contributed by atoms with E-state index in [1.54, 1.807) is 7.11 Å². The van der Waals surface area contributed by atoms with Gasteiger partial charge < -0.3 is 14.2 Å². The van der Waals surface area contributed by atoms with Crippen LogP contribution < -0.4 is 0 Å². The van der Waals surface area contributed by atoms with E-state index >= 15 is 0 Å². The lowest BCUT2D eigenvalue weighted by atomic mass is 9.81. The van der Waals surface area contributed by atoms with Crippen LogP contribution in [-0.2, 0) is 28.0 Å².